The van der Waals surface area contributed by atoms with Crippen molar-refractivity contribution in [3.05, 3.63) is 179 Å². The first-order valence-electron chi connectivity index (χ1n) is 33.3. The highest BCUT2D eigenvalue weighted by Gasteiger charge is 2.67. The van der Waals surface area contributed by atoms with Gasteiger partial charge in [-0.25, -0.2) is 7.26 Å². The van der Waals surface area contributed by atoms with E-state index >= 15 is 0 Å². The summed E-state index contributed by atoms with van der Waals surface area (Å²) in [4.78, 5) is 31.9. The van der Waals surface area contributed by atoms with Crippen molar-refractivity contribution in [2.24, 2.45) is 33.5 Å². The maximum atomic E-state index is 14.7. The van der Waals surface area contributed by atoms with E-state index < -0.39 is 62.5 Å². The van der Waals surface area contributed by atoms with Crippen LogP contribution in [-0.2, 0) is 69.6 Å². The lowest BCUT2D eigenvalue weighted by Crippen LogP contribution is -2.42. The van der Waals surface area contributed by atoms with E-state index in [-0.39, 0.29) is 67.4 Å². The highest BCUT2D eigenvalue weighted by atomic mass is 32.3. The Kier molecular flexibility index (Phi) is 18.7. The van der Waals surface area contributed by atoms with Crippen molar-refractivity contribution in [1.29, 1.82) is 0 Å². The fourth-order valence-electron chi connectivity index (χ4n) is 15.1. The zero-order chi connectivity index (χ0) is 68.3. The normalized spacial score (nSPS) is 22.3. The fraction of sp³-hybridized carbons (Fsp3) is 0.525. The van der Waals surface area contributed by atoms with Crippen molar-refractivity contribution in [3.63, 3.8) is 0 Å². The first kappa shape index (κ1) is 71.5. The van der Waals surface area contributed by atoms with Gasteiger partial charge in [-0.2, -0.15) is 16.8 Å². The minimum absolute atomic E-state index is 0.0696. The van der Waals surface area contributed by atoms with Gasteiger partial charge in [-0.3, -0.25) is 9.59 Å². The van der Waals surface area contributed by atoms with Gasteiger partial charge in [0.2, 0.25) is 0 Å². The molecular weight excluding hydrogens is 1220 g/mol. The van der Waals surface area contributed by atoms with Crippen LogP contribution in [0.25, 0.3) is 0 Å². The minimum atomic E-state index is -4.21. The molecule has 4 saturated carbocycles. The van der Waals surface area contributed by atoms with Crippen LogP contribution in [0.4, 0.5) is 0 Å². The molecule has 500 valence electrons. The Balaban J connectivity index is 0.000000217. The summed E-state index contributed by atoms with van der Waals surface area (Å²) in [5.41, 5.74) is 3.90. The lowest BCUT2D eigenvalue weighted by atomic mass is 9.70. The highest BCUT2D eigenvalue weighted by Crippen LogP contribution is 2.74. The Morgan fingerprint density at radius 2 is 0.500 bits per heavy atom. The summed E-state index contributed by atoms with van der Waals surface area (Å²) < 4.78 is 72.3. The Bertz CT molecular complexity index is 3370. The lowest BCUT2D eigenvalue weighted by molar-refractivity contribution is -0.128. The molecule has 0 aliphatic heterocycles. The number of hydrogen-bond donors (Lipinski definition) is 0. The van der Waals surface area contributed by atoms with E-state index in [9.17, 15) is 26.4 Å². The van der Waals surface area contributed by atoms with Gasteiger partial charge in [0.15, 0.2) is 0 Å². The summed E-state index contributed by atoms with van der Waals surface area (Å²) in [6, 6.07) is 49.8. The summed E-state index contributed by atoms with van der Waals surface area (Å²) in [5, 5.41) is 0. The SMILES string of the molecule is CC(C)(C)c1ccc(S(OS(=O)(=O)CC23CCC(CC2=O)C3(C)C)(c2ccc(C(C)(C)C)cc2)c2ccc(C(C)(C)C)cc2)cc1.CC(C)(C)c1ccc(S(OS(=O)(=O)CC23CCC(CC2=O)C3(C)C)(c2ccc(C(C)(C)C)cc2)c2ccc(C(C)(C)C)cc2)cc1. The average Bonchev–Trinajstić information content (AvgIpc) is 1.50. The van der Waals surface area contributed by atoms with Crippen LogP contribution in [0.5, 0.6) is 0 Å². The number of ketones is 2. The summed E-state index contributed by atoms with van der Waals surface area (Å²) >= 11 is 0. The number of fused-ring (bicyclic) bond motifs is 4. The number of carbonyl (C=O) groups excluding carboxylic acids is 2. The van der Waals surface area contributed by atoms with Crippen molar-refractivity contribution >= 4 is 52.4 Å². The fourth-order valence-corrected chi connectivity index (χ4v) is 27.2. The summed E-state index contributed by atoms with van der Waals surface area (Å²) in [6.07, 6.45) is 3.85. The number of Topliss-reactive ketones (excluding diaryl/α,β-unsaturated/α-hetero) is 2. The predicted molar refractivity (Wildman–Crippen MR) is 382 cm³/mol. The molecule has 10 rings (SSSR count). The zero-order valence-electron chi connectivity index (χ0n) is 59.6. The van der Waals surface area contributed by atoms with Gasteiger partial charge in [0.25, 0.3) is 20.2 Å². The molecule has 0 aromatic heterocycles. The largest absolute Gasteiger partial charge is 0.299 e. The van der Waals surface area contributed by atoms with Gasteiger partial charge >= 0.3 is 0 Å². The van der Waals surface area contributed by atoms with E-state index in [1.807, 2.05) is 0 Å². The maximum Gasteiger partial charge on any atom is 0.278 e. The van der Waals surface area contributed by atoms with Gasteiger partial charge in [-0.15, -0.1) is 0 Å². The van der Waals surface area contributed by atoms with Gasteiger partial charge in [0.1, 0.15) is 11.6 Å². The van der Waals surface area contributed by atoms with Gasteiger partial charge in [-0.1, -0.05) is 225 Å². The smallest absolute Gasteiger partial charge is 0.278 e. The van der Waals surface area contributed by atoms with Gasteiger partial charge in [-0.05, 0) is 208 Å². The Labute approximate surface area is 559 Å². The molecule has 0 saturated heterocycles. The summed E-state index contributed by atoms with van der Waals surface area (Å²) in [7, 11) is -14.0. The minimum Gasteiger partial charge on any atom is -0.299 e. The van der Waals surface area contributed by atoms with E-state index in [1.54, 1.807) is 0 Å². The Morgan fingerprint density at radius 1 is 0.326 bits per heavy atom. The second-order valence-corrected chi connectivity index (χ2v) is 43.6. The van der Waals surface area contributed by atoms with Crippen LogP contribution in [0.15, 0.2) is 175 Å². The molecule has 4 atom stereocenters. The number of rotatable bonds is 14. The molecule has 8 nitrogen and oxygen atoms in total. The Hall–Kier alpha value is -4.82. The summed E-state index contributed by atoms with van der Waals surface area (Å²) in [5.74, 6) is -0.0197. The molecule has 12 heteroatoms. The van der Waals surface area contributed by atoms with Crippen molar-refractivity contribution in [2.75, 3.05) is 11.5 Å². The monoisotopic (exact) mass is 1320 g/mol. The van der Waals surface area contributed by atoms with Crippen LogP contribution in [0.2, 0.25) is 0 Å². The maximum absolute atomic E-state index is 14.7. The zero-order valence-corrected chi connectivity index (χ0v) is 62.8. The molecule has 6 aromatic rings. The van der Waals surface area contributed by atoms with Crippen LogP contribution in [-0.4, -0.2) is 39.9 Å². The quantitative estimate of drug-likeness (QED) is 0.106. The molecule has 0 spiro atoms. The van der Waals surface area contributed by atoms with Crippen LogP contribution in [0.3, 0.4) is 0 Å². The molecule has 0 heterocycles. The molecule has 4 fully saturated rings. The van der Waals surface area contributed by atoms with Crippen molar-refractivity contribution in [3.8, 4) is 0 Å². The van der Waals surface area contributed by atoms with E-state index in [0.717, 1.165) is 75.6 Å². The van der Waals surface area contributed by atoms with Crippen molar-refractivity contribution in [2.45, 2.75) is 253 Å². The standard InChI is InChI=1S/2C40H54O4S2/c2*1-36(2,3)28-12-18-32(19-13-28)46(33-20-14-29(15-21-33)37(4,5)6,34-22-16-30(17-23-34)38(7,8)9)44-45(42,43)27-40-25-24-31(26-35(40)41)39(40,10)11/h2*12-23,31H,24-27H2,1-11H3. The molecule has 0 radical (unpaired) electrons. The molecule has 0 amide bonds. The third-order valence-electron chi connectivity index (χ3n) is 21.8. The molecule has 4 unspecified atom stereocenters. The predicted octanol–water partition coefficient (Wildman–Crippen LogP) is 21.0. The average molecular weight is 1330 g/mol. The molecule has 6 aromatic carbocycles. The molecule has 92 heavy (non-hydrogen) atoms. The summed E-state index contributed by atoms with van der Waals surface area (Å²) in [6.45, 7) is 47.4. The van der Waals surface area contributed by atoms with E-state index in [1.165, 1.54) is 0 Å². The molecule has 4 bridgehead atoms. The highest BCUT2D eigenvalue weighted by molar-refractivity contribution is 8.33. The van der Waals surface area contributed by atoms with Crippen LogP contribution >= 0.6 is 20.6 Å². The van der Waals surface area contributed by atoms with E-state index in [4.69, 9.17) is 7.26 Å². The van der Waals surface area contributed by atoms with Crippen LogP contribution in [0, 0.1) is 33.5 Å². The van der Waals surface area contributed by atoms with Crippen LogP contribution < -0.4 is 0 Å². The second-order valence-electron chi connectivity index (χ2n) is 34.6. The lowest BCUT2D eigenvalue weighted by Gasteiger charge is -2.42. The van der Waals surface area contributed by atoms with Gasteiger partial charge in [0, 0.05) is 42.2 Å². The topological polar surface area (TPSA) is 121 Å². The van der Waals surface area contributed by atoms with Crippen molar-refractivity contribution < 1.29 is 33.7 Å². The number of carbonyl (C=O) groups is 2. The second kappa shape index (κ2) is 24.1. The molecule has 4 aliphatic rings. The van der Waals surface area contributed by atoms with Gasteiger partial charge in [0.05, 0.1) is 22.3 Å². The Morgan fingerprint density at radius 3 is 0.630 bits per heavy atom. The number of hydrogen-bond acceptors (Lipinski definition) is 8. The third-order valence-corrected chi connectivity index (χ3v) is 32.5. The van der Waals surface area contributed by atoms with Crippen molar-refractivity contribution in [1.82, 2.24) is 0 Å². The molecular formula is C80H108O8S4. The van der Waals surface area contributed by atoms with Gasteiger partial charge < -0.3 is 0 Å². The van der Waals surface area contributed by atoms with Crippen LogP contribution in [0.1, 0.15) is 224 Å². The van der Waals surface area contributed by atoms with E-state index in [2.05, 4.69) is 298 Å². The first-order valence-corrected chi connectivity index (χ1v) is 39.6. The number of benzene rings is 6. The molecule has 0 N–H and O–H groups in total. The first-order chi connectivity index (χ1) is 42.1. The van der Waals surface area contributed by atoms with E-state index in [0.29, 0.717) is 25.7 Å². The molecule has 4 aliphatic carbocycles. The third kappa shape index (κ3) is 13.3.